The minimum Gasteiger partial charge on any atom is -0.480 e. The van der Waals surface area contributed by atoms with Crippen LogP contribution in [0, 0.1) is 0 Å². The molecule has 0 aromatic heterocycles. The van der Waals surface area contributed by atoms with Gasteiger partial charge in [-0.25, -0.2) is 4.79 Å². The minimum absolute atomic E-state index is 0.119. The highest BCUT2D eigenvalue weighted by Crippen LogP contribution is 2.21. The van der Waals surface area contributed by atoms with E-state index in [1.54, 1.807) is 4.90 Å². The summed E-state index contributed by atoms with van der Waals surface area (Å²) in [5.74, 6) is -1.13. The van der Waals surface area contributed by atoms with Crippen molar-refractivity contribution in [1.29, 1.82) is 0 Å². The fraction of sp³-hybridized carbons (Fsp3) is 0.893. The van der Waals surface area contributed by atoms with Crippen molar-refractivity contribution in [2.24, 2.45) is 0 Å². The molecule has 2 amide bonds. The number of unbranched alkanes of at least 4 members (excludes halogenated alkanes) is 12. The number of carbonyl (C=O) groups excluding carboxylic acids is 2. The van der Waals surface area contributed by atoms with E-state index < -0.39 is 17.7 Å². The van der Waals surface area contributed by atoms with Gasteiger partial charge in [-0.2, -0.15) is 0 Å². The van der Waals surface area contributed by atoms with Gasteiger partial charge in [0.2, 0.25) is 5.91 Å². The Morgan fingerprint density at radius 3 is 1.89 bits per heavy atom. The quantitative estimate of drug-likeness (QED) is 0.224. The number of hydrogen-bond donors (Lipinski definition) is 1. The molecule has 1 atom stereocenters. The van der Waals surface area contributed by atoms with Crippen LogP contribution < -0.4 is 0 Å². The van der Waals surface area contributed by atoms with Crippen LogP contribution in [-0.2, 0) is 14.3 Å². The van der Waals surface area contributed by atoms with Crippen molar-refractivity contribution in [2.75, 3.05) is 19.6 Å². The smallest absolute Gasteiger partial charge is 0.410 e. The Morgan fingerprint density at radius 1 is 0.886 bits per heavy atom. The van der Waals surface area contributed by atoms with Crippen LogP contribution in [0.1, 0.15) is 130 Å². The first-order chi connectivity index (χ1) is 16.6. The van der Waals surface area contributed by atoms with E-state index in [2.05, 4.69) is 6.92 Å². The Kier molecular flexibility index (Phi) is 15.7. The lowest BCUT2D eigenvalue weighted by atomic mass is 10.0. The lowest BCUT2D eigenvalue weighted by Crippen LogP contribution is -2.53. The molecule has 204 valence electrons. The second-order valence-corrected chi connectivity index (χ2v) is 11.1. The highest BCUT2D eigenvalue weighted by atomic mass is 16.6. The summed E-state index contributed by atoms with van der Waals surface area (Å²) in [6.45, 7) is 8.29. The number of rotatable bonds is 17. The molecule has 0 radical (unpaired) electrons. The van der Waals surface area contributed by atoms with E-state index in [0.29, 0.717) is 25.9 Å². The first-order valence-electron chi connectivity index (χ1n) is 14.1. The van der Waals surface area contributed by atoms with Crippen LogP contribution in [0.2, 0.25) is 0 Å². The van der Waals surface area contributed by atoms with Crippen LogP contribution in [0.5, 0.6) is 0 Å². The van der Waals surface area contributed by atoms with Crippen molar-refractivity contribution >= 4 is 18.0 Å². The largest absolute Gasteiger partial charge is 0.480 e. The van der Waals surface area contributed by atoms with Crippen molar-refractivity contribution in [1.82, 2.24) is 9.80 Å². The molecule has 0 aromatic carbocycles. The Hall–Kier alpha value is -1.79. The number of carboxylic acid groups (broad SMARTS) is 1. The van der Waals surface area contributed by atoms with E-state index >= 15 is 0 Å². The second-order valence-electron chi connectivity index (χ2n) is 11.1. The molecule has 0 aliphatic carbocycles. The van der Waals surface area contributed by atoms with E-state index in [4.69, 9.17) is 4.74 Å². The maximum Gasteiger partial charge on any atom is 0.410 e. The summed E-state index contributed by atoms with van der Waals surface area (Å²) in [5.41, 5.74) is -0.588. The zero-order chi connectivity index (χ0) is 26.1. The number of nitrogens with zero attached hydrogens (tertiary/aromatic N) is 2. The monoisotopic (exact) mass is 496 g/mol. The molecule has 35 heavy (non-hydrogen) atoms. The maximum absolute atomic E-state index is 12.9. The van der Waals surface area contributed by atoms with Crippen LogP contribution in [0.25, 0.3) is 0 Å². The van der Waals surface area contributed by atoms with Crippen molar-refractivity contribution < 1.29 is 24.2 Å². The second kappa shape index (κ2) is 17.6. The highest BCUT2D eigenvalue weighted by molar-refractivity contribution is 5.81. The number of amides is 2. The molecule has 1 fully saturated rings. The van der Waals surface area contributed by atoms with Crippen molar-refractivity contribution in [3.63, 3.8) is 0 Å². The SMILES string of the molecule is CCCCCCCCCCCCCCCC(=O)N(CC(=O)O)[C@H]1CCCN(C(=O)OC(C)(C)C)C1. The fourth-order valence-corrected chi connectivity index (χ4v) is 4.71. The van der Waals surface area contributed by atoms with Gasteiger partial charge in [-0.05, 0) is 40.0 Å². The Labute approximate surface area is 213 Å². The average Bonchev–Trinajstić information content (AvgIpc) is 2.79. The summed E-state index contributed by atoms with van der Waals surface area (Å²) in [7, 11) is 0. The standard InChI is InChI=1S/C28H52N2O5/c1-5-6-7-8-9-10-11-12-13-14-15-16-17-20-25(31)30(23-26(32)33)24-19-18-21-29(22-24)27(34)35-28(2,3)4/h24H,5-23H2,1-4H3,(H,32,33)/t24-/m0/s1. The number of ether oxygens (including phenoxy) is 1. The average molecular weight is 497 g/mol. The number of hydrogen-bond acceptors (Lipinski definition) is 4. The Morgan fingerprint density at radius 2 is 1.40 bits per heavy atom. The first kappa shape index (κ1) is 31.2. The normalized spacial score (nSPS) is 16.2. The zero-order valence-corrected chi connectivity index (χ0v) is 23.0. The van der Waals surface area contributed by atoms with Gasteiger partial charge in [0.15, 0.2) is 0 Å². The molecule has 1 aliphatic rings. The summed E-state index contributed by atoms with van der Waals surface area (Å²) in [6, 6.07) is -0.276. The lowest BCUT2D eigenvalue weighted by Gasteiger charge is -2.39. The third kappa shape index (κ3) is 15.0. The molecule has 1 rings (SSSR count). The van der Waals surface area contributed by atoms with E-state index in [9.17, 15) is 19.5 Å². The third-order valence-electron chi connectivity index (χ3n) is 6.61. The summed E-state index contributed by atoms with van der Waals surface area (Å²) in [6.07, 6.45) is 17.5. The van der Waals surface area contributed by atoms with Crippen LogP contribution in [0.3, 0.4) is 0 Å². The Balaban J connectivity index is 2.31. The predicted octanol–water partition coefficient (Wildman–Crippen LogP) is 6.78. The van der Waals surface area contributed by atoms with Gasteiger partial charge in [-0.15, -0.1) is 0 Å². The van der Waals surface area contributed by atoms with E-state index in [1.165, 1.54) is 69.1 Å². The third-order valence-corrected chi connectivity index (χ3v) is 6.61. The number of carboxylic acids is 1. The molecule has 7 heteroatoms. The molecule has 0 saturated carbocycles. The van der Waals surface area contributed by atoms with Crippen LogP contribution >= 0.6 is 0 Å². The van der Waals surface area contributed by atoms with Crippen molar-refractivity contribution in [2.45, 2.75) is 142 Å². The topological polar surface area (TPSA) is 87.2 Å². The summed E-state index contributed by atoms with van der Waals surface area (Å²) >= 11 is 0. The molecule has 0 bridgehead atoms. The number of piperidine rings is 1. The predicted molar refractivity (Wildman–Crippen MR) is 140 cm³/mol. The molecule has 0 spiro atoms. The molecule has 7 nitrogen and oxygen atoms in total. The molecule has 0 unspecified atom stereocenters. The molecule has 1 heterocycles. The van der Waals surface area contributed by atoms with E-state index in [0.717, 1.165) is 25.7 Å². The minimum atomic E-state index is -1.02. The zero-order valence-electron chi connectivity index (χ0n) is 23.0. The molecule has 1 aliphatic heterocycles. The molecule has 1 saturated heterocycles. The van der Waals surface area contributed by atoms with E-state index in [-0.39, 0.29) is 18.5 Å². The molecule has 0 aromatic rings. The first-order valence-corrected chi connectivity index (χ1v) is 14.1. The van der Waals surface area contributed by atoms with Gasteiger partial charge in [0.05, 0.1) is 6.04 Å². The summed E-state index contributed by atoms with van der Waals surface area (Å²) in [4.78, 5) is 39.9. The van der Waals surface area contributed by atoms with Gasteiger partial charge in [0, 0.05) is 19.5 Å². The van der Waals surface area contributed by atoms with Gasteiger partial charge in [-0.3, -0.25) is 9.59 Å². The number of carbonyl (C=O) groups is 3. The number of likely N-dealkylation sites (tertiary alicyclic amines) is 1. The van der Waals surface area contributed by atoms with E-state index in [1.807, 2.05) is 20.8 Å². The van der Waals surface area contributed by atoms with Gasteiger partial charge in [0.1, 0.15) is 12.1 Å². The number of aliphatic carboxylic acids is 1. The summed E-state index contributed by atoms with van der Waals surface area (Å²) < 4.78 is 5.47. The van der Waals surface area contributed by atoms with Crippen LogP contribution in [0.15, 0.2) is 0 Å². The van der Waals surface area contributed by atoms with Crippen LogP contribution in [0.4, 0.5) is 4.79 Å². The van der Waals surface area contributed by atoms with Crippen LogP contribution in [-0.4, -0.2) is 64.2 Å². The maximum atomic E-state index is 12.9. The molecular weight excluding hydrogens is 444 g/mol. The fourth-order valence-electron chi connectivity index (χ4n) is 4.71. The Bertz CT molecular complexity index is 617. The molecule has 1 N–H and O–H groups in total. The van der Waals surface area contributed by atoms with Gasteiger partial charge < -0.3 is 19.6 Å². The molecular formula is C28H52N2O5. The lowest BCUT2D eigenvalue weighted by molar-refractivity contribution is -0.147. The summed E-state index contributed by atoms with van der Waals surface area (Å²) in [5, 5.41) is 9.38. The van der Waals surface area contributed by atoms with Gasteiger partial charge in [-0.1, -0.05) is 84.0 Å². The van der Waals surface area contributed by atoms with Gasteiger partial charge in [0.25, 0.3) is 0 Å². The van der Waals surface area contributed by atoms with Crippen molar-refractivity contribution in [3.8, 4) is 0 Å². The van der Waals surface area contributed by atoms with Crippen molar-refractivity contribution in [3.05, 3.63) is 0 Å². The highest BCUT2D eigenvalue weighted by Gasteiger charge is 2.33. The van der Waals surface area contributed by atoms with Gasteiger partial charge >= 0.3 is 12.1 Å².